The third-order valence-electron chi connectivity index (χ3n) is 4.13. The number of nitrogens with zero attached hydrogens (tertiary/aromatic N) is 3. The van der Waals surface area contributed by atoms with Gasteiger partial charge >= 0.3 is 0 Å². The van der Waals surface area contributed by atoms with Gasteiger partial charge in [0.25, 0.3) is 5.91 Å². The fraction of sp³-hybridized carbons (Fsp3) is 0.438. The van der Waals surface area contributed by atoms with Gasteiger partial charge in [0.1, 0.15) is 29.4 Å². The van der Waals surface area contributed by atoms with Crippen LogP contribution < -0.4 is 5.32 Å². The van der Waals surface area contributed by atoms with Crippen LogP contribution in [0, 0.1) is 17.2 Å². The van der Waals surface area contributed by atoms with Crippen LogP contribution in [-0.4, -0.2) is 33.6 Å². The summed E-state index contributed by atoms with van der Waals surface area (Å²) in [5.41, 5.74) is 0.772. The van der Waals surface area contributed by atoms with E-state index in [2.05, 4.69) is 15.3 Å². The molecule has 2 aromatic rings. The smallest absolute Gasteiger partial charge is 0.267 e. The molecule has 0 spiro atoms. The van der Waals surface area contributed by atoms with E-state index in [4.69, 9.17) is 10.00 Å². The summed E-state index contributed by atoms with van der Waals surface area (Å²) in [7, 11) is 1.94. The maximum Gasteiger partial charge on any atom is 0.267 e. The first kappa shape index (κ1) is 15.3. The van der Waals surface area contributed by atoms with Crippen molar-refractivity contribution in [3.05, 3.63) is 41.7 Å². The highest BCUT2D eigenvalue weighted by Gasteiger charge is 2.30. The van der Waals surface area contributed by atoms with Crippen molar-refractivity contribution < 1.29 is 9.53 Å². The molecular formula is C16H19N5O2. The summed E-state index contributed by atoms with van der Waals surface area (Å²) in [5, 5.41) is 11.7. The van der Waals surface area contributed by atoms with Crippen LogP contribution in [-0.2, 0) is 11.8 Å². The number of aryl methyl sites for hydroxylation is 1. The summed E-state index contributed by atoms with van der Waals surface area (Å²) >= 11 is 0. The first-order valence-corrected chi connectivity index (χ1v) is 7.65. The van der Waals surface area contributed by atoms with Gasteiger partial charge in [-0.15, -0.1) is 0 Å². The number of aromatic nitrogens is 3. The van der Waals surface area contributed by atoms with E-state index >= 15 is 0 Å². The van der Waals surface area contributed by atoms with Crippen LogP contribution in [0.25, 0.3) is 0 Å². The predicted molar refractivity (Wildman–Crippen MR) is 82.5 cm³/mol. The summed E-state index contributed by atoms with van der Waals surface area (Å²) in [6.45, 7) is 1.22. The SMILES string of the molecule is Cn1ccnc1[C@@H]1OCCC[C@H]1CNC(=O)c1ccc(C#N)[nH]1. The number of H-pyrrole nitrogens is 1. The van der Waals surface area contributed by atoms with Crippen LogP contribution >= 0.6 is 0 Å². The van der Waals surface area contributed by atoms with Crippen molar-refractivity contribution in [2.45, 2.75) is 18.9 Å². The van der Waals surface area contributed by atoms with Crippen molar-refractivity contribution in [1.82, 2.24) is 19.9 Å². The number of carbonyl (C=O) groups is 1. The van der Waals surface area contributed by atoms with Crippen molar-refractivity contribution in [3.63, 3.8) is 0 Å². The molecular weight excluding hydrogens is 294 g/mol. The van der Waals surface area contributed by atoms with Gasteiger partial charge in [-0.1, -0.05) is 0 Å². The van der Waals surface area contributed by atoms with Gasteiger partial charge in [-0.3, -0.25) is 4.79 Å². The average Bonchev–Trinajstić information content (AvgIpc) is 3.21. The highest BCUT2D eigenvalue weighted by Crippen LogP contribution is 2.32. The van der Waals surface area contributed by atoms with Gasteiger partial charge in [0.2, 0.25) is 0 Å². The number of ether oxygens (including phenoxy) is 1. The van der Waals surface area contributed by atoms with Crippen LogP contribution in [0.5, 0.6) is 0 Å². The highest BCUT2D eigenvalue weighted by molar-refractivity contribution is 5.92. The number of carbonyl (C=O) groups excluding carboxylic acids is 1. The third-order valence-corrected chi connectivity index (χ3v) is 4.13. The Labute approximate surface area is 134 Å². The lowest BCUT2D eigenvalue weighted by molar-refractivity contribution is -0.0337. The number of nitriles is 1. The van der Waals surface area contributed by atoms with Crippen LogP contribution in [0.3, 0.4) is 0 Å². The molecule has 0 aromatic carbocycles. The number of imidazole rings is 1. The van der Waals surface area contributed by atoms with Crippen LogP contribution in [0.15, 0.2) is 24.5 Å². The molecule has 3 rings (SSSR count). The standard InChI is InChI=1S/C16H19N5O2/c1-21-7-6-18-15(21)14-11(3-2-8-23-14)10-19-16(22)13-5-4-12(9-17)20-13/h4-7,11,14,20H,2-3,8,10H2,1H3,(H,19,22)/t11-,14+/m0/s1. The second kappa shape index (κ2) is 6.67. The van der Waals surface area contributed by atoms with Gasteiger partial charge in [-0.25, -0.2) is 4.98 Å². The van der Waals surface area contributed by atoms with Gasteiger partial charge in [0.15, 0.2) is 0 Å². The van der Waals surface area contributed by atoms with Crippen molar-refractivity contribution in [2.75, 3.05) is 13.2 Å². The topological polar surface area (TPSA) is 95.7 Å². The Hall–Kier alpha value is -2.59. The zero-order valence-electron chi connectivity index (χ0n) is 13.0. The quantitative estimate of drug-likeness (QED) is 0.894. The number of hydrogen-bond donors (Lipinski definition) is 2. The normalized spacial score (nSPS) is 20.9. The Kier molecular flexibility index (Phi) is 4.44. The molecule has 1 aliphatic heterocycles. The average molecular weight is 313 g/mol. The van der Waals surface area contributed by atoms with E-state index in [1.165, 1.54) is 0 Å². The molecule has 2 N–H and O–H groups in total. The Morgan fingerprint density at radius 3 is 3.17 bits per heavy atom. The van der Waals surface area contributed by atoms with E-state index in [9.17, 15) is 4.79 Å². The van der Waals surface area contributed by atoms with E-state index < -0.39 is 0 Å². The molecule has 1 amide bonds. The van der Waals surface area contributed by atoms with Gasteiger partial charge in [-0.05, 0) is 25.0 Å². The van der Waals surface area contributed by atoms with Crippen molar-refractivity contribution >= 4 is 5.91 Å². The largest absolute Gasteiger partial charge is 0.370 e. The molecule has 0 unspecified atom stereocenters. The van der Waals surface area contributed by atoms with E-state index in [1.807, 2.05) is 23.9 Å². The first-order chi connectivity index (χ1) is 11.2. The molecule has 2 atom stereocenters. The van der Waals surface area contributed by atoms with Gasteiger partial charge < -0.3 is 19.6 Å². The molecule has 1 aliphatic rings. The summed E-state index contributed by atoms with van der Waals surface area (Å²) < 4.78 is 7.84. The lowest BCUT2D eigenvalue weighted by atomic mass is 9.93. The van der Waals surface area contributed by atoms with Crippen LogP contribution in [0.4, 0.5) is 0 Å². The highest BCUT2D eigenvalue weighted by atomic mass is 16.5. The molecule has 1 fully saturated rings. The minimum absolute atomic E-state index is 0.109. The number of nitrogens with one attached hydrogen (secondary N) is 2. The molecule has 3 heterocycles. The molecule has 7 heteroatoms. The zero-order chi connectivity index (χ0) is 16.2. The molecule has 1 saturated heterocycles. The summed E-state index contributed by atoms with van der Waals surface area (Å²) in [5.74, 6) is 0.852. The second-order valence-electron chi connectivity index (χ2n) is 5.70. The van der Waals surface area contributed by atoms with E-state index in [0.29, 0.717) is 24.5 Å². The third kappa shape index (κ3) is 3.27. The molecule has 2 aromatic heterocycles. The van der Waals surface area contributed by atoms with Crippen molar-refractivity contribution in [3.8, 4) is 6.07 Å². The predicted octanol–water partition coefficient (Wildman–Crippen LogP) is 1.52. The molecule has 0 aliphatic carbocycles. The maximum atomic E-state index is 12.2. The Morgan fingerprint density at radius 1 is 1.61 bits per heavy atom. The minimum Gasteiger partial charge on any atom is -0.370 e. The minimum atomic E-state index is -0.212. The van der Waals surface area contributed by atoms with Gasteiger partial charge in [-0.2, -0.15) is 5.26 Å². The Bertz CT molecular complexity index is 727. The maximum absolute atomic E-state index is 12.2. The summed E-state index contributed by atoms with van der Waals surface area (Å²) in [6.07, 6.45) is 5.49. The Morgan fingerprint density at radius 2 is 2.48 bits per heavy atom. The molecule has 0 radical (unpaired) electrons. The van der Waals surface area contributed by atoms with Crippen molar-refractivity contribution in [2.24, 2.45) is 13.0 Å². The lowest BCUT2D eigenvalue weighted by Crippen LogP contribution is -2.36. The molecule has 23 heavy (non-hydrogen) atoms. The molecule has 0 bridgehead atoms. The number of hydrogen-bond acceptors (Lipinski definition) is 4. The Balaban J connectivity index is 1.64. The summed E-state index contributed by atoms with van der Waals surface area (Å²) in [6, 6.07) is 5.18. The monoisotopic (exact) mass is 313 g/mol. The second-order valence-corrected chi connectivity index (χ2v) is 5.70. The fourth-order valence-electron chi connectivity index (χ4n) is 2.90. The van der Waals surface area contributed by atoms with E-state index in [1.54, 1.807) is 18.3 Å². The molecule has 120 valence electrons. The number of aromatic amines is 1. The van der Waals surface area contributed by atoms with Gasteiger partial charge in [0, 0.05) is 38.5 Å². The molecule has 0 saturated carbocycles. The lowest BCUT2D eigenvalue weighted by Gasteiger charge is -2.31. The van der Waals surface area contributed by atoms with Crippen molar-refractivity contribution in [1.29, 1.82) is 5.26 Å². The van der Waals surface area contributed by atoms with Gasteiger partial charge in [0.05, 0.1) is 0 Å². The first-order valence-electron chi connectivity index (χ1n) is 7.65. The number of amides is 1. The summed E-state index contributed by atoms with van der Waals surface area (Å²) in [4.78, 5) is 19.3. The van der Waals surface area contributed by atoms with Crippen LogP contribution in [0.2, 0.25) is 0 Å². The van der Waals surface area contributed by atoms with E-state index in [-0.39, 0.29) is 17.9 Å². The van der Waals surface area contributed by atoms with Crippen LogP contribution in [0.1, 0.15) is 41.0 Å². The zero-order valence-corrected chi connectivity index (χ0v) is 13.0. The molecule has 7 nitrogen and oxygen atoms in total. The van der Waals surface area contributed by atoms with E-state index in [0.717, 1.165) is 18.7 Å². The number of rotatable bonds is 4. The fourth-order valence-corrected chi connectivity index (χ4v) is 2.90.